The van der Waals surface area contributed by atoms with E-state index in [0.717, 1.165) is 22.0 Å². The molecule has 7 nitrogen and oxygen atoms in total. The Bertz CT molecular complexity index is 1320. The van der Waals surface area contributed by atoms with E-state index in [9.17, 15) is 9.59 Å². The van der Waals surface area contributed by atoms with Crippen LogP contribution in [0.5, 0.6) is 0 Å². The topological polar surface area (TPSA) is 86.1 Å². The highest BCUT2D eigenvalue weighted by atomic mass is 16.5. The monoisotopic (exact) mass is 442 g/mol. The van der Waals surface area contributed by atoms with Gasteiger partial charge in [-0.1, -0.05) is 44.2 Å². The number of benzene rings is 2. The van der Waals surface area contributed by atoms with Gasteiger partial charge in [-0.05, 0) is 55.2 Å². The fourth-order valence-corrected chi connectivity index (χ4v) is 3.64. The maximum Gasteiger partial charge on any atom is 0.343 e. The fourth-order valence-electron chi connectivity index (χ4n) is 3.64. The van der Waals surface area contributed by atoms with E-state index in [0.29, 0.717) is 17.3 Å². The zero-order valence-electron chi connectivity index (χ0n) is 19.1. The van der Waals surface area contributed by atoms with Crippen molar-refractivity contribution in [1.82, 2.24) is 14.8 Å². The molecular formula is C26H26N4O3. The van der Waals surface area contributed by atoms with Gasteiger partial charge in [0.1, 0.15) is 5.56 Å². The van der Waals surface area contributed by atoms with Gasteiger partial charge in [0, 0.05) is 10.9 Å². The predicted molar refractivity (Wildman–Crippen MR) is 128 cm³/mol. The SMILES string of the molecule is CCOC(=O)c1cnn(-c2cc(C)c3ccccc3n2)c1NC(=O)c1ccc(C(C)C)cc1. The number of esters is 1. The largest absolute Gasteiger partial charge is 0.462 e. The molecule has 0 aliphatic rings. The minimum atomic E-state index is -0.563. The van der Waals surface area contributed by atoms with Gasteiger partial charge in [0.15, 0.2) is 11.6 Å². The summed E-state index contributed by atoms with van der Waals surface area (Å²) >= 11 is 0. The summed E-state index contributed by atoms with van der Waals surface area (Å²) in [6.45, 7) is 8.11. The number of hydrogen-bond acceptors (Lipinski definition) is 5. The molecular weight excluding hydrogens is 416 g/mol. The number of ether oxygens (including phenoxy) is 1. The van der Waals surface area contributed by atoms with Crippen LogP contribution in [0.15, 0.2) is 60.8 Å². The first kappa shape index (κ1) is 22.2. The van der Waals surface area contributed by atoms with Crippen molar-refractivity contribution in [2.24, 2.45) is 0 Å². The van der Waals surface area contributed by atoms with Gasteiger partial charge >= 0.3 is 5.97 Å². The Labute approximate surface area is 192 Å². The molecule has 2 aromatic carbocycles. The lowest BCUT2D eigenvalue weighted by molar-refractivity contribution is 0.0527. The Morgan fingerprint density at radius 1 is 1.09 bits per heavy atom. The fraction of sp³-hybridized carbons (Fsp3) is 0.231. The summed E-state index contributed by atoms with van der Waals surface area (Å²) in [6, 6.07) is 17.1. The molecule has 0 aliphatic carbocycles. The number of amides is 1. The van der Waals surface area contributed by atoms with Crippen LogP contribution < -0.4 is 5.32 Å². The molecule has 0 radical (unpaired) electrons. The van der Waals surface area contributed by atoms with Crippen LogP contribution in [-0.2, 0) is 4.74 Å². The number of anilines is 1. The van der Waals surface area contributed by atoms with Gasteiger partial charge in [0.05, 0.1) is 18.3 Å². The number of fused-ring (bicyclic) bond motifs is 1. The maximum absolute atomic E-state index is 13.1. The van der Waals surface area contributed by atoms with E-state index >= 15 is 0 Å². The quantitative estimate of drug-likeness (QED) is 0.411. The first-order valence-corrected chi connectivity index (χ1v) is 10.9. The summed E-state index contributed by atoms with van der Waals surface area (Å²) in [6.07, 6.45) is 1.39. The van der Waals surface area contributed by atoms with Crippen LogP contribution >= 0.6 is 0 Å². The summed E-state index contributed by atoms with van der Waals surface area (Å²) in [7, 11) is 0. The van der Waals surface area contributed by atoms with Gasteiger partial charge in [-0.15, -0.1) is 0 Å². The van der Waals surface area contributed by atoms with E-state index in [1.165, 1.54) is 10.9 Å². The van der Waals surface area contributed by atoms with Gasteiger partial charge in [0.2, 0.25) is 0 Å². The van der Waals surface area contributed by atoms with Crippen LogP contribution in [0, 0.1) is 6.92 Å². The first-order chi connectivity index (χ1) is 15.9. The third-order valence-corrected chi connectivity index (χ3v) is 5.46. The molecule has 33 heavy (non-hydrogen) atoms. The lowest BCUT2D eigenvalue weighted by Gasteiger charge is -2.13. The molecule has 4 rings (SSSR count). The Morgan fingerprint density at radius 2 is 1.82 bits per heavy atom. The third-order valence-electron chi connectivity index (χ3n) is 5.46. The van der Waals surface area contributed by atoms with E-state index < -0.39 is 5.97 Å². The Morgan fingerprint density at radius 3 is 2.52 bits per heavy atom. The van der Waals surface area contributed by atoms with Crippen molar-refractivity contribution in [1.29, 1.82) is 0 Å². The summed E-state index contributed by atoms with van der Waals surface area (Å²) in [4.78, 5) is 30.3. The number of carbonyl (C=O) groups is 2. The minimum Gasteiger partial charge on any atom is -0.462 e. The molecule has 0 saturated carbocycles. The number of aromatic nitrogens is 3. The highest BCUT2D eigenvalue weighted by molar-refractivity contribution is 6.07. The van der Waals surface area contributed by atoms with Crippen molar-refractivity contribution in [2.75, 3.05) is 11.9 Å². The van der Waals surface area contributed by atoms with Gasteiger partial charge in [-0.3, -0.25) is 4.79 Å². The Hall–Kier alpha value is -4.00. The van der Waals surface area contributed by atoms with Crippen LogP contribution in [0.4, 0.5) is 5.82 Å². The molecule has 0 fully saturated rings. The molecule has 0 spiro atoms. The van der Waals surface area contributed by atoms with Crippen LogP contribution in [0.1, 0.15) is 58.5 Å². The lowest BCUT2D eigenvalue weighted by Crippen LogP contribution is -2.18. The second-order valence-electron chi connectivity index (χ2n) is 8.08. The summed E-state index contributed by atoms with van der Waals surface area (Å²) in [5.41, 5.74) is 3.58. The zero-order valence-corrected chi connectivity index (χ0v) is 19.1. The number of hydrogen-bond donors (Lipinski definition) is 1. The lowest BCUT2D eigenvalue weighted by atomic mass is 10.0. The standard InChI is InChI=1S/C26H26N4O3/c1-5-33-26(32)21-15-27-30(23-14-17(4)20-8-6-7-9-22(20)28-23)24(21)29-25(31)19-12-10-18(11-13-19)16(2)3/h6-16H,5H2,1-4H3,(H,29,31). The number of pyridine rings is 1. The molecule has 168 valence electrons. The van der Waals surface area contributed by atoms with E-state index in [-0.39, 0.29) is 23.9 Å². The number of aryl methyl sites for hydroxylation is 1. The van der Waals surface area contributed by atoms with Crippen molar-refractivity contribution in [3.63, 3.8) is 0 Å². The molecule has 1 N–H and O–H groups in total. The molecule has 2 heterocycles. The second kappa shape index (κ2) is 9.24. The van der Waals surface area contributed by atoms with Gasteiger partial charge in [-0.25, -0.2) is 9.78 Å². The Kier molecular flexibility index (Phi) is 6.22. The summed E-state index contributed by atoms with van der Waals surface area (Å²) < 4.78 is 6.64. The molecule has 7 heteroatoms. The Balaban J connectivity index is 1.76. The molecule has 0 bridgehead atoms. The van der Waals surface area contributed by atoms with Crippen molar-refractivity contribution in [2.45, 2.75) is 33.6 Å². The van der Waals surface area contributed by atoms with Crippen molar-refractivity contribution in [3.05, 3.63) is 83.0 Å². The molecule has 0 unspecified atom stereocenters. The van der Waals surface area contributed by atoms with Crippen LogP contribution in [-0.4, -0.2) is 33.2 Å². The summed E-state index contributed by atoms with van der Waals surface area (Å²) in [5, 5.41) is 8.23. The van der Waals surface area contributed by atoms with E-state index in [1.54, 1.807) is 19.1 Å². The highest BCUT2D eigenvalue weighted by Crippen LogP contribution is 2.25. The van der Waals surface area contributed by atoms with Crippen molar-refractivity contribution >= 4 is 28.6 Å². The second-order valence-corrected chi connectivity index (χ2v) is 8.08. The molecule has 1 amide bonds. The molecule has 0 aliphatic heterocycles. The van der Waals surface area contributed by atoms with Crippen molar-refractivity contribution in [3.8, 4) is 5.82 Å². The van der Waals surface area contributed by atoms with E-state index in [1.807, 2.05) is 49.4 Å². The maximum atomic E-state index is 13.1. The number of nitrogens with one attached hydrogen (secondary N) is 1. The van der Waals surface area contributed by atoms with E-state index in [4.69, 9.17) is 9.72 Å². The first-order valence-electron chi connectivity index (χ1n) is 10.9. The number of para-hydroxylation sites is 1. The van der Waals surface area contributed by atoms with Crippen LogP contribution in [0.2, 0.25) is 0 Å². The molecule has 0 saturated heterocycles. The van der Waals surface area contributed by atoms with Crippen molar-refractivity contribution < 1.29 is 14.3 Å². The third kappa shape index (κ3) is 4.48. The average molecular weight is 443 g/mol. The molecule has 0 atom stereocenters. The van der Waals surface area contributed by atoms with E-state index in [2.05, 4.69) is 24.3 Å². The van der Waals surface area contributed by atoms with Gasteiger partial charge in [0.25, 0.3) is 5.91 Å². The smallest absolute Gasteiger partial charge is 0.343 e. The number of nitrogens with zero attached hydrogens (tertiary/aromatic N) is 3. The normalized spacial score (nSPS) is 11.1. The van der Waals surface area contributed by atoms with Gasteiger partial charge < -0.3 is 10.1 Å². The minimum absolute atomic E-state index is 0.164. The highest BCUT2D eigenvalue weighted by Gasteiger charge is 2.23. The van der Waals surface area contributed by atoms with Crippen LogP contribution in [0.25, 0.3) is 16.7 Å². The van der Waals surface area contributed by atoms with Gasteiger partial charge in [-0.2, -0.15) is 9.78 Å². The zero-order chi connectivity index (χ0) is 23.5. The summed E-state index contributed by atoms with van der Waals surface area (Å²) in [5.74, 6) is 0.156. The molecule has 2 aromatic heterocycles. The predicted octanol–water partition coefficient (Wildman–Crippen LogP) is 5.28. The molecule has 4 aromatic rings. The van der Waals surface area contributed by atoms with Crippen LogP contribution in [0.3, 0.4) is 0 Å². The number of rotatable bonds is 6. The average Bonchev–Trinajstić information content (AvgIpc) is 3.23. The number of carbonyl (C=O) groups excluding carboxylic acids is 2.